The van der Waals surface area contributed by atoms with Crippen molar-refractivity contribution >= 4 is 17.4 Å². The van der Waals surface area contributed by atoms with Gasteiger partial charge in [0.05, 0.1) is 11.3 Å². The number of nitrogens with zero attached hydrogens (tertiary/aromatic N) is 4. The molecule has 0 fully saturated rings. The molecular weight excluding hydrogens is 242 g/mol. The lowest BCUT2D eigenvalue weighted by atomic mass is 10.2. The van der Waals surface area contributed by atoms with E-state index in [4.69, 9.17) is 11.0 Å². The topological polar surface area (TPSA) is 95.9 Å². The number of primary amides is 1. The van der Waals surface area contributed by atoms with Gasteiger partial charge in [-0.1, -0.05) is 12.1 Å². The summed E-state index contributed by atoms with van der Waals surface area (Å²) >= 11 is 0. The summed E-state index contributed by atoms with van der Waals surface area (Å²) in [5.41, 5.74) is 6.45. The molecule has 2 N–H and O–H groups in total. The van der Waals surface area contributed by atoms with Crippen LogP contribution in [0.25, 0.3) is 0 Å². The van der Waals surface area contributed by atoms with Crippen LogP contribution in [0.1, 0.15) is 16.1 Å². The van der Waals surface area contributed by atoms with Gasteiger partial charge in [0.25, 0.3) is 5.91 Å². The van der Waals surface area contributed by atoms with Crippen molar-refractivity contribution in [2.24, 2.45) is 5.73 Å². The Morgan fingerprint density at radius 3 is 2.58 bits per heavy atom. The normalized spacial score (nSPS) is 9.68. The molecule has 0 bridgehead atoms. The molecule has 1 amide bonds. The highest BCUT2D eigenvalue weighted by atomic mass is 16.1. The Hall–Kier alpha value is -2.94. The van der Waals surface area contributed by atoms with E-state index in [9.17, 15) is 4.79 Å². The van der Waals surface area contributed by atoms with E-state index in [0.717, 1.165) is 0 Å². The first-order valence-electron chi connectivity index (χ1n) is 5.50. The molecule has 0 saturated heterocycles. The van der Waals surface area contributed by atoms with Gasteiger partial charge in [-0.25, -0.2) is 0 Å². The zero-order valence-corrected chi connectivity index (χ0v) is 10.2. The minimum atomic E-state index is -0.626. The number of nitrogens with two attached hydrogens (primary N) is 1. The molecule has 0 aliphatic heterocycles. The largest absolute Gasteiger partial charge is 0.364 e. The third-order valence-corrected chi connectivity index (χ3v) is 2.63. The van der Waals surface area contributed by atoms with Gasteiger partial charge in [-0.3, -0.25) is 4.79 Å². The number of anilines is 2. The second-order valence-electron chi connectivity index (χ2n) is 3.83. The number of hydrogen-bond donors (Lipinski definition) is 1. The molecule has 0 aliphatic rings. The Morgan fingerprint density at radius 2 is 2.00 bits per heavy atom. The molecule has 2 rings (SSSR count). The molecule has 6 nitrogen and oxygen atoms in total. The van der Waals surface area contributed by atoms with Gasteiger partial charge in [0, 0.05) is 7.05 Å². The van der Waals surface area contributed by atoms with Gasteiger partial charge in [0.2, 0.25) is 0 Å². The maximum Gasteiger partial charge on any atom is 0.269 e. The number of carbonyl (C=O) groups excluding carboxylic acids is 1. The highest BCUT2D eigenvalue weighted by molar-refractivity contribution is 5.90. The molecule has 0 spiro atoms. The summed E-state index contributed by atoms with van der Waals surface area (Å²) in [4.78, 5) is 12.6. The van der Waals surface area contributed by atoms with Crippen molar-refractivity contribution in [3.05, 3.63) is 47.7 Å². The average Bonchev–Trinajstić information content (AvgIpc) is 2.46. The van der Waals surface area contributed by atoms with E-state index in [0.29, 0.717) is 17.1 Å². The number of aromatic nitrogens is 2. The van der Waals surface area contributed by atoms with Crippen molar-refractivity contribution in [2.45, 2.75) is 0 Å². The number of nitriles is 1. The fourth-order valence-electron chi connectivity index (χ4n) is 1.62. The van der Waals surface area contributed by atoms with Crippen molar-refractivity contribution in [1.29, 1.82) is 5.26 Å². The standard InChI is InChI=1S/C13H11N5O/c1-18(11-5-3-2-4-9(11)8-14)12-7-6-10(13(15)19)16-17-12/h2-7H,1H3,(H2,15,19). The van der Waals surface area contributed by atoms with Gasteiger partial charge in [-0.2, -0.15) is 5.26 Å². The Kier molecular flexibility index (Phi) is 3.39. The second kappa shape index (κ2) is 5.14. The Balaban J connectivity index is 2.36. The monoisotopic (exact) mass is 253 g/mol. The summed E-state index contributed by atoms with van der Waals surface area (Å²) in [5.74, 6) is -0.105. The van der Waals surface area contributed by atoms with Crippen LogP contribution in [0.15, 0.2) is 36.4 Å². The number of para-hydroxylation sites is 1. The maximum absolute atomic E-state index is 10.9. The van der Waals surface area contributed by atoms with Gasteiger partial charge < -0.3 is 10.6 Å². The van der Waals surface area contributed by atoms with Crippen molar-refractivity contribution in [2.75, 3.05) is 11.9 Å². The molecule has 0 atom stereocenters. The first-order chi connectivity index (χ1) is 9.13. The smallest absolute Gasteiger partial charge is 0.269 e. The minimum absolute atomic E-state index is 0.103. The lowest BCUT2D eigenvalue weighted by Crippen LogP contribution is -2.17. The minimum Gasteiger partial charge on any atom is -0.364 e. The third-order valence-electron chi connectivity index (χ3n) is 2.63. The number of amides is 1. The zero-order valence-electron chi connectivity index (χ0n) is 10.2. The summed E-state index contributed by atoms with van der Waals surface area (Å²) in [5, 5.41) is 16.7. The fraction of sp³-hybridized carbons (Fsp3) is 0.0769. The van der Waals surface area contributed by atoms with Crippen LogP contribution in [-0.2, 0) is 0 Å². The Morgan fingerprint density at radius 1 is 1.26 bits per heavy atom. The van der Waals surface area contributed by atoms with Gasteiger partial charge in [-0.15, -0.1) is 10.2 Å². The predicted octanol–water partition coefficient (Wildman–Crippen LogP) is 1.22. The first-order valence-corrected chi connectivity index (χ1v) is 5.50. The molecule has 0 aliphatic carbocycles. The number of rotatable bonds is 3. The molecule has 6 heteroatoms. The van der Waals surface area contributed by atoms with Crippen LogP contribution >= 0.6 is 0 Å². The van der Waals surface area contributed by atoms with Gasteiger partial charge in [0.1, 0.15) is 6.07 Å². The van der Waals surface area contributed by atoms with E-state index in [1.54, 1.807) is 30.1 Å². The quantitative estimate of drug-likeness (QED) is 0.887. The fourth-order valence-corrected chi connectivity index (χ4v) is 1.62. The second-order valence-corrected chi connectivity index (χ2v) is 3.83. The SMILES string of the molecule is CN(c1ccc(C(N)=O)nn1)c1ccccc1C#N. The van der Waals surface area contributed by atoms with E-state index in [2.05, 4.69) is 16.3 Å². The third kappa shape index (κ3) is 2.50. The Bertz CT molecular complexity index is 645. The van der Waals surface area contributed by atoms with Crippen molar-refractivity contribution in [3.8, 4) is 6.07 Å². The Labute approximate surface area is 110 Å². The maximum atomic E-state index is 10.9. The first kappa shape index (κ1) is 12.5. The van der Waals surface area contributed by atoms with Crippen LogP contribution in [0.3, 0.4) is 0 Å². The molecule has 1 aromatic carbocycles. The highest BCUT2D eigenvalue weighted by Gasteiger charge is 2.11. The van der Waals surface area contributed by atoms with Crippen LogP contribution in [0.4, 0.5) is 11.5 Å². The molecule has 2 aromatic rings. The van der Waals surface area contributed by atoms with Gasteiger partial charge >= 0.3 is 0 Å². The van der Waals surface area contributed by atoms with Crippen LogP contribution < -0.4 is 10.6 Å². The van der Waals surface area contributed by atoms with Gasteiger partial charge in [-0.05, 0) is 24.3 Å². The van der Waals surface area contributed by atoms with Crippen LogP contribution in [0.2, 0.25) is 0 Å². The average molecular weight is 253 g/mol. The van der Waals surface area contributed by atoms with E-state index < -0.39 is 5.91 Å². The van der Waals surface area contributed by atoms with Crippen LogP contribution in [0.5, 0.6) is 0 Å². The highest BCUT2D eigenvalue weighted by Crippen LogP contribution is 2.24. The van der Waals surface area contributed by atoms with E-state index in [-0.39, 0.29) is 5.69 Å². The van der Waals surface area contributed by atoms with Crippen molar-refractivity contribution < 1.29 is 4.79 Å². The molecule has 94 valence electrons. The lowest BCUT2D eigenvalue weighted by Gasteiger charge is -2.18. The number of hydrogen-bond acceptors (Lipinski definition) is 5. The summed E-state index contributed by atoms with van der Waals surface area (Å²) in [6.07, 6.45) is 0. The van der Waals surface area contributed by atoms with E-state index in [1.165, 1.54) is 6.07 Å². The zero-order chi connectivity index (χ0) is 13.8. The molecular formula is C13H11N5O. The van der Waals surface area contributed by atoms with E-state index in [1.807, 2.05) is 12.1 Å². The number of carbonyl (C=O) groups is 1. The molecule has 0 radical (unpaired) electrons. The molecule has 19 heavy (non-hydrogen) atoms. The molecule has 1 aromatic heterocycles. The van der Waals surface area contributed by atoms with Crippen LogP contribution in [-0.4, -0.2) is 23.2 Å². The molecule has 0 unspecified atom stereocenters. The van der Waals surface area contributed by atoms with Gasteiger partial charge in [0.15, 0.2) is 11.5 Å². The van der Waals surface area contributed by atoms with Crippen molar-refractivity contribution in [1.82, 2.24) is 10.2 Å². The molecule has 1 heterocycles. The summed E-state index contributed by atoms with van der Waals surface area (Å²) in [6, 6.07) is 12.4. The number of benzene rings is 1. The predicted molar refractivity (Wildman–Crippen MR) is 69.8 cm³/mol. The van der Waals surface area contributed by atoms with Crippen LogP contribution in [0, 0.1) is 11.3 Å². The summed E-state index contributed by atoms with van der Waals surface area (Å²) < 4.78 is 0. The summed E-state index contributed by atoms with van der Waals surface area (Å²) in [7, 11) is 1.77. The van der Waals surface area contributed by atoms with Crippen molar-refractivity contribution in [3.63, 3.8) is 0 Å². The lowest BCUT2D eigenvalue weighted by molar-refractivity contribution is 0.0994. The van der Waals surface area contributed by atoms with E-state index >= 15 is 0 Å². The summed E-state index contributed by atoms with van der Waals surface area (Å²) in [6.45, 7) is 0. The molecule has 0 saturated carbocycles.